The van der Waals surface area contributed by atoms with Gasteiger partial charge in [-0.25, -0.2) is 0 Å². The van der Waals surface area contributed by atoms with Crippen molar-refractivity contribution in [2.45, 2.75) is 25.8 Å². The van der Waals surface area contributed by atoms with Crippen molar-refractivity contribution in [1.29, 1.82) is 0 Å². The lowest BCUT2D eigenvalue weighted by atomic mass is 10.1. The number of benzene rings is 1. The van der Waals surface area contributed by atoms with Crippen molar-refractivity contribution in [1.82, 2.24) is 14.8 Å². The summed E-state index contributed by atoms with van der Waals surface area (Å²) >= 11 is 5.97. The molecule has 106 valence electrons. The summed E-state index contributed by atoms with van der Waals surface area (Å²) in [5.74, 6) is 0.558. The van der Waals surface area contributed by atoms with E-state index in [0.717, 1.165) is 11.3 Å². The van der Waals surface area contributed by atoms with Crippen LogP contribution in [0, 0.1) is 6.92 Å². The molecule has 0 saturated heterocycles. The maximum Gasteiger partial charge on any atom is 0.245 e. The summed E-state index contributed by atoms with van der Waals surface area (Å²) in [6.45, 7) is 3.98. The molecule has 0 saturated carbocycles. The number of rotatable bonds is 4. The molecule has 0 aliphatic rings. The summed E-state index contributed by atoms with van der Waals surface area (Å²) < 4.78 is 1.79. The molecule has 1 amide bonds. The second-order valence-electron chi connectivity index (χ2n) is 4.68. The van der Waals surface area contributed by atoms with Gasteiger partial charge in [0, 0.05) is 12.7 Å². The van der Waals surface area contributed by atoms with Crippen LogP contribution in [0.15, 0.2) is 30.6 Å². The van der Waals surface area contributed by atoms with Crippen molar-refractivity contribution in [3.8, 4) is 0 Å². The van der Waals surface area contributed by atoms with Gasteiger partial charge in [0.25, 0.3) is 0 Å². The van der Waals surface area contributed by atoms with E-state index in [0.29, 0.717) is 12.4 Å². The van der Waals surface area contributed by atoms with Gasteiger partial charge in [-0.05, 0) is 25.5 Å². The Labute approximate surface area is 123 Å². The highest BCUT2D eigenvalue weighted by atomic mass is 35.5. The third-order valence-corrected chi connectivity index (χ3v) is 3.30. The molecular weight excluding hydrogens is 276 g/mol. The third-order valence-electron chi connectivity index (χ3n) is 3.12. The Hall–Kier alpha value is -1.88. The van der Waals surface area contributed by atoms with Crippen LogP contribution in [0.2, 0.25) is 0 Å². The Morgan fingerprint density at radius 1 is 1.45 bits per heavy atom. The minimum Gasteiger partial charge on any atom is -0.319 e. The summed E-state index contributed by atoms with van der Waals surface area (Å²) in [5, 5.41) is 7.27. The van der Waals surface area contributed by atoms with Crippen molar-refractivity contribution in [3.05, 3.63) is 42.0 Å². The number of hydrogen-bond donors (Lipinski definition) is 0. The minimum absolute atomic E-state index is 0.149. The Morgan fingerprint density at radius 2 is 2.15 bits per heavy atom. The lowest BCUT2D eigenvalue weighted by Crippen LogP contribution is -2.36. The molecule has 0 aliphatic carbocycles. The SMILES string of the molecule is Cc1ccccc1N(Cc1nncn1C)C(=O)C(C)Cl. The van der Waals surface area contributed by atoms with Crippen LogP contribution in [0.3, 0.4) is 0 Å². The van der Waals surface area contributed by atoms with E-state index in [1.807, 2.05) is 38.2 Å². The molecule has 1 heterocycles. The first-order chi connectivity index (χ1) is 9.50. The molecule has 6 heteroatoms. The molecule has 5 nitrogen and oxygen atoms in total. The van der Waals surface area contributed by atoms with E-state index in [9.17, 15) is 4.79 Å². The molecule has 1 unspecified atom stereocenters. The molecule has 1 atom stereocenters. The number of halogens is 1. The van der Waals surface area contributed by atoms with Crippen molar-refractivity contribution in [2.75, 3.05) is 4.90 Å². The largest absolute Gasteiger partial charge is 0.319 e. The molecule has 0 N–H and O–H groups in total. The van der Waals surface area contributed by atoms with E-state index in [1.165, 1.54) is 0 Å². The number of carbonyl (C=O) groups excluding carboxylic acids is 1. The zero-order chi connectivity index (χ0) is 14.7. The van der Waals surface area contributed by atoms with E-state index in [-0.39, 0.29) is 5.91 Å². The molecule has 2 rings (SSSR count). The molecule has 20 heavy (non-hydrogen) atoms. The molecular formula is C14H17ClN4O. The molecule has 0 radical (unpaired) electrons. The molecule has 0 spiro atoms. The second-order valence-corrected chi connectivity index (χ2v) is 5.34. The van der Waals surface area contributed by atoms with Gasteiger partial charge < -0.3 is 9.47 Å². The van der Waals surface area contributed by atoms with E-state index >= 15 is 0 Å². The van der Waals surface area contributed by atoms with E-state index < -0.39 is 5.38 Å². The van der Waals surface area contributed by atoms with Gasteiger partial charge in [0.2, 0.25) is 5.91 Å². The highest BCUT2D eigenvalue weighted by molar-refractivity contribution is 6.32. The number of anilines is 1. The maximum absolute atomic E-state index is 12.4. The summed E-state index contributed by atoms with van der Waals surface area (Å²) in [5.41, 5.74) is 1.85. The first-order valence-electron chi connectivity index (χ1n) is 6.34. The minimum atomic E-state index is -0.595. The van der Waals surface area contributed by atoms with E-state index in [2.05, 4.69) is 10.2 Å². The number of amides is 1. The van der Waals surface area contributed by atoms with Crippen molar-refractivity contribution >= 4 is 23.2 Å². The molecule has 1 aromatic heterocycles. The van der Waals surface area contributed by atoms with Gasteiger partial charge in [-0.1, -0.05) is 18.2 Å². The first-order valence-corrected chi connectivity index (χ1v) is 6.78. The van der Waals surface area contributed by atoms with Crippen LogP contribution in [0.25, 0.3) is 0 Å². The standard InChI is InChI=1S/C14H17ClN4O/c1-10-6-4-5-7-12(10)19(14(20)11(2)15)8-13-17-16-9-18(13)3/h4-7,9,11H,8H2,1-3H3. The monoisotopic (exact) mass is 292 g/mol. The van der Waals surface area contributed by atoms with Crippen molar-refractivity contribution < 1.29 is 4.79 Å². The van der Waals surface area contributed by atoms with Crippen molar-refractivity contribution in [3.63, 3.8) is 0 Å². The average Bonchev–Trinajstić information content (AvgIpc) is 2.81. The topological polar surface area (TPSA) is 51.0 Å². The Morgan fingerprint density at radius 3 is 2.70 bits per heavy atom. The summed E-state index contributed by atoms with van der Waals surface area (Å²) in [7, 11) is 1.85. The Bertz CT molecular complexity index is 609. The van der Waals surface area contributed by atoms with Gasteiger partial charge in [-0.3, -0.25) is 4.79 Å². The predicted octanol–water partition coefficient (Wildman–Crippen LogP) is 2.28. The lowest BCUT2D eigenvalue weighted by molar-refractivity contribution is -0.118. The van der Waals surface area contributed by atoms with Crippen LogP contribution < -0.4 is 4.90 Å². The molecule has 0 aliphatic heterocycles. The van der Waals surface area contributed by atoms with Crippen LogP contribution in [0.5, 0.6) is 0 Å². The zero-order valence-corrected chi connectivity index (χ0v) is 12.5. The van der Waals surface area contributed by atoms with Gasteiger partial charge in [-0.2, -0.15) is 0 Å². The van der Waals surface area contributed by atoms with Crippen LogP contribution >= 0.6 is 11.6 Å². The summed E-state index contributed by atoms with van der Waals surface area (Å²) in [6.07, 6.45) is 1.61. The van der Waals surface area contributed by atoms with E-state index in [1.54, 1.807) is 22.7 Å². The highest BCUT2D eigenvalue weighted by Gasteiger charge is 2.23. The third kappa shape index (κ3) is 2.99. The average molecular weight is 293 g/mol. The quantitative estimate of drug-likeness (QED) is 0.813. The Balaban J connectivity index is 2.38. The number of carbonyl (C=O) groups is 1. The van der Waals surface area contributed by atoms with Crippen LogP contribution in [-0.2, 0) is 18.4 Å². The van der Waals surface area contributed by atoms with Crippen LogP contribution in [0.4, 0.5) is 5.69 Å². The predicted molar refractivity (Wildman–Crippen MR) is 78.7 cm³/mol. The normalized spacial score (nSPS) is 12.2. The van der Waals surface area contributed by atoms with Gasteiger partial charge in [0.05, 0.1) is 6.54 Å². The smallest absolute Gasteiger partial charge is 0.245 e. The number of hydrogen-bond acceptors (Lipinski definition) is 3. The fourth-order valence-electron chi connectivity index (χ4n) is 1.95. The van der Waals surface area contributed by atoms with Crippen LogP contribution in [-0.4, -0.2) is 26.0 Å². The van der Waals surface area contributed by atoms with Gasteiger partial charge in [0.15, 0.2) is 5.82 Å². The molecule has 2 aromatic rings. The lowest BCUT2D eigenvalue weighted by Gasteiger charge is -2.25. The molecule has 1 aromatic carbocycles. The highest BCUT2D eigenvalue weighted by Crippen LogP contribution is 2.23. The summed E-state index contributed by atoms with van der Waals surface area (Å²) in [4.78, 5) is 14.0. The first kappa shape index (κ1) is 14.5. The molecule has 0 bridgehead atoms. The fourth-order valence-corrected chi connectivity index (χ4v) is 2.07. The van der Waals surface area contributed by atoms with Gasteiger partial charge in [0.1, 0.15) is 11.7 Å². The number of para-hydroxylation sites is 1. The van der Waals surface area contributed by atoms with Gasteiger partial charge in [-0.15, -0.1) is 21.8 Å². The number of aromatic nitrogens is 3. The van der Waals surface area contributed by atoms with Crippen LogP contribution in [0.1, 0.15) is 18.3 Å². The zero-order valence-electron chi connectivity index (χ0n) is 11.7. The van der Waals surface area contributed by atoms with Gasteiger partial charge >= 0.3 is 0 Å². The van der Waals surface area contributed by atoms with Crippen molar-refractivity contribution in [2.24, 2.45) is 7.05 Å². The summed E-state index contributed by atoms with van der Waals surface area (Å²) in [6, 6.07) is 7.71. The maximum atomic E-state index is 12.4. The second kappa shape index (κ2) is 6.05. The number of alkyl halides is 1. The molecule has 0 fully saturated rings. The number of aryl methyl sites for hydroxylation is 2. The van der Waals surface area contributed by atoms with E-state index in [4.69, 9.17) is 11.6 Å². The Kier molecular flexibility index (Phi) is 4.39. The fraction of sp³-hybridized carbons (Fsp3) is 0.357. The number of nitrogens with zero attached hydrogens (tertiary/aromatic N) is 4.